The van der Waals surface area contributed by atoms with Gasteiger partial charge in [0.15, 0.2) is 11.0 Å². The van der Waals surface area contributed by atoms with Crippen LogP contribution in [-0.2, 0) is 6.42 Å². The first-order chi connectivity index (χ1) is 11.9. The third-order valence-corrected chi connectivity index (χ3v) is 5.21. The molecule has 0 radical (unpaired) electrons. The highest BCUT2D eigenvalue weighted by molar-refractivity contribution is 7.99. The molecule has 1 saturated carbocycles. The van der Waals surface area contributed by atoms with E-state index in [0.717, 1.165) is 35.1 Å². The SMILES string of the molecule is c1ccc(CCCSc2nnc(-c3cccnc3)n2C2CC2)cc1. The van der Waals surface area contributed by atoms with Crippen LogP contribution in [0.5, 0.6) is 0 Å². The number of aromatic nitrogens is 4. The number of rotatable bonds is 7. The van der Waals surface area contributed by atoms with Crippen molar-refractivity contribution in [2.75, 3.05) is 5.75 Å². The van der Waals surface area contributed by atoms with Gasteiger partial charge in [0.1, 0.15) is 0 Å². The van der Waals surface area contributed by atoms with Gasteiger partial charge in [0, 0.05) is 29.8 Å². The standard InChI is InChI=1S/C19H20N4S/c1-2-6-15(7-3-1)8-5-13-24-19-22-21-18(23(19)17-10-11-17)16-9-4-12-20-14-16/h1-4,6-7,9,12,14,17H,5,8,10-11,13H2. The number of thioether (sulfide) groups is 1. The van der Waals surface area contributed by atoms with Gasteiger partial charge < -0.3 is 0 Å². The Kier molecular flexibility index (Phi) is 4.60. The molecule has 3 aromatic rings. The lowest BCUT2D eigenvalue weighted by Gasteiger charge is -2.08. The fraction of sp³-hybridized carbons (Fsp3) is 0.316. The van der Waals surface area contributed by atoms with Gasteiger partial charge >= 0.3 is 0 Å². The fourth-order valence-electron chi connectivity index (χ4n) is 2.81. The maximum absolute atomic E-state index is 4.45. The molecule has 0 atom stereocenters. The molecule has 0 spiro atoms. The smallest absolute Gasteiger partial charge is 0.191 e. The molecule has 2 heterocycles. The monoisotopic (exact) mass is 336 g/mol. The van der Waals surface area contributed by atoms with Crippen LogP contribution in [-0.4, -0.2) is 25.5 Å². The Labute approximate surface area is 146 Å². The minimum atomic E-state index is 0.562. The third kappa shape index (κ3) is 3.51. The summed E-state index contributed by atoms with van der Waals surface area (Å²) in [5.41, 5.74) is 2.45. The molecule has 0 unspecified atom stereocenters. The summed E-state index contributed by atoms with van der Waals surface area (Å²) in [5.74, 6) is 2.02. The van der Waals surface area contributed by atoms with Gasteiger partial charge in [-0.1, -0.05) is 42.1 Å². The summed E-state index contributed by atoms with van der Waals surface area (Å²) >= 11 is 1.82. The van der Waals surface area contributed by atoms with Gasteiger partial charge in [-0.15, -0.1) is 10.2 Å². The zero-order valence-corrected chi connectivity index (χ0v) is 14.3. The highest BCUT2D eigenvalue weighted by Gasteiger charge is 2.30. The van der Waals surface area contributed by atoms with Crippen molar-refractivity contribution in [3.05, 3.63) is 60.4 Å². The fourth-order valence-corrected chi connectivity index (χ4v) is 3.76. The number of benzene rings is 1. The highest BCUT2D eigenvalue weighted by Crippen LogP contribution is 2.41. The van der Waals surface area contributed by atoms with Crippen molar-refractivity contribution in [3.8, 4) is 11.4 Å². The molecule has 1 aromatic carbocycles. The second-order valence-corrected chi connectivity index (χ2v) is 7.15. The Morgan fingerprint density at radius 1 is 1.04 bits per heavy atom. The molecule has 1 aliphatic carbocycles. The van der Waals surface area contributed by atoms with Gasteiger partial charge in [-0.2, -0.15) is 0 Å². The van der Waals surface area contributed by atoms with Crippen molar-refractivity contribution < 1.29 is 0 Å². The first kappa shape index (κ1) is 15.4. The number of hydrogen-bond donors (Lipinski definition) is 0. The van der Waals surface area contributed by atoms with E-state index in [-0.39, 0.29) is 0 Å². The van der Waals surface area contributed by atoms with E-state index in [1.807, 2.05) is 24.0 Å². The van der Waals surface area contributed by atoms with Crippen molar-refractivity contribution in [2.45, 2.75) is 36.9 Å². The van der Waals surface area contributed by atoms with Crippen molar-refractivity contribution in [1.29, 1.82) is 0 Å². The molecule has 4 nitrogen and oxygen atoms in total. The number of pyridine rings is 1. The minimum absolute atomic E-state index is 0.562. The van der Waals surface area contributed by atoms with Crippen LogP contribution >= 0.6 is 11.8 Å². The van der Waals surface area contributed by atoms with E-state index in [9.17, 15) is 0 Å². The molecule has 2 aromatic heterocycles. The Morgan fingerprint density at radius 2 is 1.92 bits per heavy atom. The predicted molar refractivity (Wildman–Crippen MR) is 97.0 cm³/mol. The van der Waals surface area contributed by atoms with Crippen LogP contribution < -0.4 is 0 Å². The lowest BCUT2D eigenvalue weighted by molar-refractivity contribution is 0.668. The van der Waals surface area contributed by atoms with Crippen LogP contribution in [0.2, 0.25) is 0 Å². The topological polar surface area (TPSA) is 43.6 Å². The van der Waals surface area contributed by atoms with Crippen LogP contribution in [0.3, 0.4) is 0 Å². The lowest BCUT2D eigenvalue weighted by Crippen LogP contribution is -2.00. The zero-order chi connectivity index (χ0) is 16.2. The maximum atomic E-state index is 4.45. The van der Waals surface area contributed by atoms with E-state index in [2.05, 4.69) is 56.1 Å². The van der Waals surface area contributed by atoms with Crippen LogP contribution in [0.1, 0.15) is 30.9 Å². The quantitative estimate of drug-likeness (QED) is 0.474. The van der Waals surface area contributed by atoms with Gasteiger partial charge in [0.25, 0.3) is 0 Å². The van der Waals surface area contributed by atoms with Gasteiger partial charge in [-0.25, -0.2) is 0 Å². The molecular formula is C19H20N4S. The molecule has 0 aliphatic heterocycles. The van der Waals surface area contributed by atoms with Gasteiger partial charge in [0.2, 0.25) is 0 Å². The molecule has 0 amide bonds. The first-order valence-electron chi connectivity index (χ1n) is 8.44. The van der Waals surface area contributed by atoms with Crippen molar-refractivity contribution >= 4 is 11.8 Å². The van der Waals surface area contributed by atoms with E-state index >= 15 is 0 Å². The summed E-state index contributed by atoms with van der Waals surface area (Å²) < 4.78 is 2.31. The van der Waals surface area contributed by atoms with Crippen molar-refractivity contribution in [1.82, 2.24) is 19.7 Å². The maximum Gasteiger partial charge on any atom is 0.191 e. The molecule has 1 fully saturated rings. The van der Waals surface area contributed by atoms with Crippen molar-refractivity contribution in [3.63, 3.8) is 0 Å². The first-order valence-corrected chi connectivity index (χ1v) is 9.42. The van der Waals surface area contributed by atoms with Gasteiger partial charge in [-0.05, 0) is 43.4 Å². The minimum Gasteiger partial charge on any atom is -0.299 e. The molecule has 0 bridgehead atoms. The molecular weight excluding hydrogens is 316 g/mol. The highest BCUT2D eigenvalue weighted by atomic mass is 32.2. The van der Waals surface area contributed by atoms with Crippen molar-refractivity contribution in [2.24, 2.45) is 0 Å². The second kappa shape index (κ2) is 7.18. The van der Waals surface area contributed by atoms with E-state index in [4.69, 9.17) is 0 Å². The van der Waals surface area contributed by atoms with E-state index < -0.39 is 0 Å². The van der Waals surface area contributed by atoms with E-state index in [0.29, 0.717) is 6.04 Å². The molecule has 4 rings (SSSR count). The van der Waals surface area contributed by atoms with E-state index in [1.165, 1.54) is 18.4 Å². The van der Waals surface area contributed by atoms with Crippen LogP contribution in [0.15, 0.2) is 60.0 Å². The van der Waals surface area contributed by atoms with E-state index in [1.54, 1.807) is 6.20 Å². The number of hydrogen-bond acceptors (Lipinski definition) is 4. The summed E-state index contributed by atoms with van der Waals surface area (Å²) in [6.45, 7) is 0. The summed E-state index contributed by atoms with van der Waals surface area (Å²) in [6, 6.07) is 15.2. The Morgan fingerprint density at radius 3 is 2.67 bits per heavy atom. The molecule has 24 heavy (non-hydrogen) atoms. The number of aryl methyl sites for hydroxylation is 1. The average molecular weight is 336 g/mol. The zero-order valence-electron chi connectivity index (χ0n) is 13.5. The molecule has 122 valence electrons. The Balaban J connectivity index is 1.43. The van der Waals surface area contributed by atoms with Crippen LogP contribution in [0.25, 0.3) is 11.4 Å². The molecule has 0 N–H and O–H groups in total. The Bertz CT molecular complexity index is 782. The summed E-state index contributed by atoms with van der Waals surface area (Å²) in [4.78, 5) is 4.21. The average Bonchev–Trinajstić information content (AvgIpc) is 3.40. The summed E-state index contributed by atoms with van der Waals surface area (Å²) in [6.07, 6.45) is 8.37. The predicted octanol–water partition coefficient (Wildman–Crippen LogP) is 4.40. The second-order valence-electron chi connectivity index (χ2n) is 6.09. The summed E-state index contributed by atoms with van der Waals surface area (Å²) in [5, 5.41) is 9.93. The summed E-state index contributed by atoms with van der Waals surface area (Å²) in [7, 11) is 0. The lowest BCUT2D eigenvalue weighted by atomic mass is 10.1. The van der Waals surface area contributed by atoms with Gasteiger partial charge in [-0.3, -0.25) is 9.55 Å². The third-order valence-electron chi connectivity index (χ3n) is 4.18. The Hall–Kier alpha value is -2.14. The number of nitrogens with zero attached hydrogens (tertiary/aromatic N) is 4. The largest absolute Gasteiger partial charge is 0.299 e. The normalized spacial score (nSPS) is 14.0. The molecule has 5 heteroatoms. The molecule has 1 aliphatic rings. The van der Waals surface area contributed by atoms with Crippen LogP contribution in [0, 0.1) is 0 Å². The molecule has 0 saturated heterocycles. The van der Waals surface area contributed by atoms with Gasteiger partial charge in [0.05, 0.1) is 0 Å². The van der Waals surface area contributed by atoms with Crippen LogP contribution in [0.4, 0.5) is 0 Å².